The summed E-state index contributed by atoms with van der Waals surface area (Å²) in [5.41, 5.74) is -0.310. The fourth-order valence-electron chi connectivity index (χ4n) is 2.20. The minimum Gasteiger partial charge on any atom is -0.481 e. The van der Waals surface area contributed by atoms with Gasteiger partial charge >= 0.3 is 5.97 Å². The van der Waals surface area contributed by atoms with Crippen LogP contribution in [0.4, 0.5) is 4.39 Å². The Labute approximate surface area is 104 Å². The van der Waals surface area contributed by atoms with Crippen molar-refractivity contribution in [2.75, 3.05) is 13.1 Å². The lowest BCUT2D eigenvalue weighted by Gasteiger charge is -2.23. The van der Waals surface area contributed by atoms with Crippen LogP contribution in [-0.4, -0.2) is 24.2 Å². The third-order valence-corrected chi connectivity index (χ3v) is 3.68. The molecule has 2 rings (SSSR count). The van der Waals surface area contributed by atoms with E-state index in [4.69, 9.17) is 11.6 Å². The van der Waals surface area contributed by atoms with Crippen LogP contribution in [0.1, 0.15) is 12.0 Å². The minimum atomic E-state index is -0.864. The molecule has 0 amide bonds. The summed E-state index contributed by atoms with van der Waals surface area (Å²) in [6.07, 6.45) is 0.793. The van der Waals surface area contributed by atoms with Gasteiger partial charge in [0.15, 0.2) is 0 Å². The second-order valence-electron chi connectivity index (χ2n) is 4.40. The smallest absolute Gasteiger partial charge is 0.311 e. The molecule has 1 saturated heterocycles. The normalized spacial score (nSPS) is 23.9. The average molecular weight is 258 g/mol. The molecular formula is C12H13ClFNO2. The van der Waals surface area contributed by atoms with Crippen LogP contribution >= 0.6 is 11.6 Å². The zero-order valence-corrected chi connectivity index (χ0v) is 9.93. The number of benzene rings is 1. The molecule has 1 atom stereocenters. The number of carboxylic acids is 1. The van der Waals surface area contributed by atoms with Gasteiger partial charge in [-0.05, 0) is 31.0 Å². The highest BCUT2D eigenvalue weighted by molar-refractivity contribution is 6.31. The summed E-state index contributed by atoms with van der Waals surface area (Å²) >= 11 is 5.85. The summed E-state index contributed by atoms with van der Waals surface area (Å²) < 4.78 is 13.3. The van der Waals surface area contributed by atoms with Gasteiger partial charge in [0, 0.05) is 6.54 Å². The quantitative estimate of drug-likeness (QED) is 0.872. The van der Waals surface area contributed by atoms with Crippen molar-refractivity contribution in [3.8, 4) is 0 Å². The van der Waals surface area contributed by atoms with E-state index in [2.05, 4.69) is 5.32 Å². The first-order valence-electron chi connectivity index (χ1n) is 5.42. The number of halogens is 2. The molecule has 3 nitrogen and oxygen atoms in total. The van der Waals surface area contributed by atoms with E-state index in [-0.39, 0.29) is 11.4 Å². The Hall–Kier alpha value is -1.13. The van der Waals surface area contributed by atoms with Gasteiger partial charge in [-0.25, -0.2) is 4.39 Å². The van der Waals surface area contributed by atoms with E-state index in [1.807, 2.05) is 0 Å². The number of carboxylic acid groups (broad SMARTS) is 1. The Bertz CT molecular complexity index is 444. The molecule has 1 aliphatic heterocycles. The lowest BCUT2D eigenvalue weighted by molar-refractivity contribution is -0.147. The Morgan fingerprint density at radius 3 is 2.94 bits per heavy atom. The van der Waals surface area contributed by atoms with Gasteiger partial charge in [0.2, 0.25) is 0 Å². The molecule has 0 bridgehead atoms. The molecule has 1 unspecified atom stereocenters. The van der Waals surface area contributed by atoms with Crippen LogP contribution in [0.2, 0.25) is 5.02 Å². The van der Waals surface area contributed by atoms with Crippen molar-refractivity contribution in [3.63, 3.8) is 0 Å². The van der Waals surface area contributed by atoms with Gasteiger partial charge in [-0.15, -0.1) is 0 Å². The molecule has 1 aliphatic rings. The minimum absolute atomic E-state index is 0.0278. The highest BCUT2D eigenvalue weighted by Gasteiger charge is 2.41. The maximum Gasteiger partial charge on any atom is 0.311 e. The second kappa shape index (κ2) is 4.63. The predicted molar refractivity (Wildman–Crippen MR) is 62.7 cm³/mol. The summed E-state index contributed by atoms with van der Waals surface area (Å²) in [5, 5.41) is 12.4. The number of carbonyl (C=O) groups is 1. The summed E-state index contributed by atoms with van der Waals surface area (Å²) in [5.74, 6) is -1.36. The van der Waals surface area contributed by atoms with Crippen LogP contribution < -0.4 is 5.32 Å². The van der Waals surface area contributed by atoms with Gasteiger partial charge in [0.1, 0.15) is 5.82 Å². The summed E-state index contributed by atoms with van der Waals surface area (Å²) in [6.45, 7) is 1.06. The monoisotopic (exact) mass is 257 g/mol. The predicted octanol–water partition coefficient (Wildman–Crippen LogP) is 2.09. The SMILES string of the molecule is O=C(O)C1(Cc2cccc(F)c2Cl)CCNC1. The maximum absolute atomic E-state index is 13.3. The fourth-order valence-corrected chi connectivity index (χ4v) is 2.40. The second-order valence-corrected chi connectivity index (χ2v) is 4.78. The first-order chi connectivity index (χ1) is 8.05. The van der Waals surface area contributed by atoms with E-state index in [1.165, 1.54) is 6.07 Å². The lowest BCUT2D eigenvalue weighted by atomic mass is 9.81. The van der Waals surface area contributed by atoms with E-state index in [1.54, 1.807) is 12.1 Å². The first-order valence-corrected chi connectivity index (χ1v) is 5.80. The fraction of sp³-hybridized carbons (Fsp3) is 0.417. The molecule has 0 saturated carbocycles. The molecule has 0 radical (unpaired) electrons. The standard InChI is InChI=1S/C12H13ClFNO2/c13-10-8(2-1-3-9(10)14)6-12(11(16)17)4-5-15-7-12/h1-3,15H,4-7H2,(H,16,17). The third kappa shape index (κ3) is 2.28. The molecular weight excluding hydrogens is 245 g/mol. The Morgan fingerprint density at radius 2 is 2.35 bits per heavy atom. The van der Waals surface area contributed by atoms with Crippen LogP contribution in [0.15, 0.2) is 18.2 Å². The van der Waals surface area contributed by atoms with E-state index in [9.17, 15) is 14.3 Å². The molecule has 1 heterocycles. The molecule has 5 heteroatoms. The van der Waals surface area contributed by atoms with Crippen molar-refractivity contribution in [1.82, 2.24) is 5.32 Å². The molecule has 1 fully saturated rings. The molecule has 0 aliphatic carbocycles. The van der Waals surface area contributed by atoms with E-state index in [0.717, 1.165) is 0 Å². The zero-order valence-electron chi connectivity index (χ0n) is 9.17. The molecule has 0 aromatic heterocycles. The van der Waals surface area contributed by atoms with Gasteiger partial charge in [-0.1, -0.05) is 23.7 Å². The molecule has 2 N–H and O–H groups in total. The Morgan fingerprint density at radius 1 is 1.59 bits per heavy atom. The molecule has 92 valence electrons. The molecule has 1 aromatic rings. The Kier molecular flexibility index (Phi) is 3.35. The van der Waals surface area contributed by atoms with Crippen molar-refractivity contribution in [2.24, 2.45) is 5.41 Å². The van der Waals surface area contributed by atoms with Crippen LogP contribution in [0.3, 0.4) is 0 Å². The van der Waals surface area contributed by atoms with Gasteiger partial charge in [0.05, 0.1) is 10.4 Å². The number of hydrogen-bond acceptors (Lipinski definition) is 2. The summed E-state index contributed by atoms with van der Waals surface area (Å²) in [4.78, 5) is 11.3. The highest BCUT2D eigenvalue weighted by Crippen LogP contribution is 2.33. The van der Waals surface area contributed by atoms with Crippen molar-refractivity contribution in [2.45, 2.75) is 12.8 Å². The lowest BCUT2D eigenvalue weighted by Crippen LogP contribution is -2.35. The van der Waals surface area contributed by atoms with Crippen molar-refractivity contribution in [3.05, 3.63) is 34.6 Å². The largest absolute Gasteiger partial charge is 0.481 e. The van der Waals surface area contributed by atoms with Crippen LogP contribution in [0.5, 0.6) is 0 Å². The first kappa shape index (κ1) is 12.3. The molecule has 17 heavy (non-hydrogen) atoms. The van der Waals surface area contributed by atoms with Crippen molar-refractivity contribution >= 4 is 17.6 Å². The van der Waals surface area contributed by atoms with Crippen molar-refractivity contribution in [1.29, 1.82) is 0 Å². The van der Waals surface area contributed by atoms with Crippen LogP contribution in [0.25, 0.3) is 0 Å². The highest BCUT2D eigenvalue weighted by atomic mass is 35.5. The number of nitrogens with one attached hydrogen (secondary N) is 1. The van der Waals surface area contributed by atoms with E-state index in [0.29, 0.717) is 25.1 Å². The Balaban J connectivity index is 2.30. The van der Waals surface area contributed by atoms with Crippen molar-refractivity contribution < 1.29 is 14.3 Å². The number of hydrogen-bond donors (Lipinski definition) is 2. The van der Waals surface area contributed by atoms with Gasteiger partial charge in [-0.3, -0.25) is 4.79 Å². The zero-order chi connectivity index (χ0) is 12.5. The molecule has 0 spiro atoms. The molecule has 1 aromatic carbocycles. The third-order valence-electron chi connectivity index (χ3n) is 3.26. The maximum atomic E-state index is 13.3. The number of rotatable bonds is 3. The number of aliphatic carboxylic acids is 1. The van der Waals surface area contributed by atoms with Crippen LogP contribution in [-0.2, 0) is 11.2 Å². The van der Waals surface area contributed by atoms with E-state index >= 15 is 0 Å². The summed E-state index contributed by atoms with van der Waals surface area (Å²) in [6, 6.07) is 4.50. The van der Waals surface area contributed by atoms with Gasteiger partial charge < -0.3 is 10.4 Å². The summed E-state index contributed by atoms with van der Waals surface area (Å²) in [7, 11) is 0. The van der Waals surface area contributed by atoms with Gasteiger partial charge in [0.25, 0.3) is 0 Å². The van der Waals surface area contributed by atoms with Crippen LogP contribution in [0, 0.1) is 11.2 Å². The van der Waals surface area contributed by atoms with Gasteiger partial charge in [-0.2, -0.15) is 0 Å². The average Bonchev–Trinajstić information content (AvgIpc) is 2.75. The topological polar surface area (TPSA) is 49.3 Å². The van der Waals surface area contributed by atoms with E-state index < -0.39 is 17.2 Å².